The van der Waals surface area contributed by atoms with E-state index in [1.165, 1.54) is 0 Å². The average Bonchev–Trinajstić information content (AvgIpc) is 1.12. The van der Waals surface area contributed by atoms with Crippen LogP contribution < -0.4 is 36.3 Å². The van der Waals surface area contributed by atoms with E-state index in [-0.39, 0.29) is 57.0 Å². The summed E-state index contributed by atoms with van der Waals surface area (Å²) in [4.78, 5) is 0. The maximum Gasteiger partial charge on any atom is 2.00 e. The van der Waals surface area contributed by atoms with Crippen molar-refractivity contribution in [3.63, 3.8) is 0 Å². The largest absolute Gasteiger partial charge is 2.00 e. The van der Waals surface area contributed by atoms with Gasteiger partial charge < -0.3 is 36.3 Å². The predicted molar refractivity (Wildman–Crippen MR) is 47.9 cm³/mol. The monoisotopic (exact) mass is 411 g/mol. The summed E-state index contributed by atoms with van der Waals surface area (Å²) in [5.41, 5.74) is 10.7. The zero-order valence-corrected chi connectivity index (χ0v) is 13.0. The zero-order chi connectivity index (χ0) is 9.00. The van der Waals surface area contributed by atoms with Gasteiger partial charge >= 0.3 is 21.1 Å². The summed E-state index contributed by atoms with van der Waals surface area (Å²) in [7, 11) is 0. The van der Waals surface area contributed by atoms with Gasteiger partial charge in [0.1, 0.15) is 0 Å². The molecule has 0 heterocycles. The Morgan fingerprint density at radius 3 is 0.615 bits per heavy atom. The van der Waals surface area contributed by atoms with Crippen molar-refractivity contribution >= 4 is 0 Å². The van der Waals surface area contributed by atoms with Crippen molar-refractivity contribution in [2.75, 3.05) is 0 Å². The van der Waals surface area contributed by atoms with Gasteiger partial charge in [0.2, 0.25) is 0 Å². The normalized spacial score (nSPS) is 9.23. The Bertz CT molecular complexity index is 63.1. The van der Waals surface area contributed by atoms with Crippen LogP contribution in [0.2, 0.25) is 0 Å². The van der Waals surface area contributed by atoms with E-state index in [0.29, 0.717) is 0 Å². The van der Waals surface area contributed by atoms with Gasteiger partial charge in [-0.05, 0) is 41.5 Å². The van der Waals surface area contributed by atoms with Gasteiger partial charge in [-0.25, -0.2) is 0 Å². The van der Waals surface area contributed by atoms with Gasteiger partial charge in [-0.2, -0.15) is 0 Å². The number of hydrogen-bond donors (Lipinski definition) is 2. The molecule has 0 radical (unpaired) electrons. The summed E-state index contributed by atoms with van der Waals surface area (Å²) >= 11 is 0. The minimum Gasteiger partial charge on any atom is -1.00 e. The Balaban J connectivity index is -0.0000000267. The maximum absolute atomic E-state index is 5.35. The first-order valence-electron chi connectivity index (χ1n) is 3.58. The summed E-state index contributed by atoms with van der Waals surface area (Å²) in [6, 6.07) is 0. The van der Waals surface area contributed by atoms with Gasteiger partial charge in [0.15, 0.2) is 0 Å². The van der Waals surface area contributed by atoms with Gasteiger partial charge in [0.05, 0.1) is 0 Å². The molecule has 13 heavy (non-hydrogen) atoms. The second-order valence-electron chi connectivity index (χ2n) is 4.73. The Labute approximate surface area is 110 Å². The number of hydrogen-bond acceptors (Lipinski definition) is 2. The molecule has 0 saturated heterocycles. The molecule has 0 bridgehead atoms. The van der Waals surface area contributed by atoms with Crippen molar-refractivity contribution in [1.82, 2.24) is 0 Å². The third-order valence-electron chi connectivity index (χ3n) is 0. The van der Waals surface area contributed by atoms with Crippen LogP contribution in [0.15, 0.2) is 0 Å². The third kappa shape index (κ3) is 1170. The first-order valence-corrected chi connectivity index (χ1v) is 3.58. The average molecular weight is 412 g/mol. The topological polar surface area (TPSA) is 52.0 Å². The van der Waals surface area contributed by atoms with E-state index in [0.717, 1.165) is 0 Å². The zero-order valence-electron chi connectivity index (χ0n) is 9.23. The maximum atomic E-state index is 5.35. The second-order valence-corrected chi connectivity index (χ2v) is 4.73. The number of nitrogens with two attached hydrogens (primary N) is 2. The molecule has 0 aromatic heterocycles. The smallest absolute Gasteiger partial charge is 1.00 e. The van der Waals surface area contributed by atoms with Crippen molar-refractivity contribution in [2.24, 2.45) is 11.5 Å². The Kier molecular flexibility index (Phi) is 25.3. The number of rotatable bonds is 0. The molecule has 0 spiro atoms. The Morgan fingerprint density at radius 2 is 0.615 bits per heavy atom. The van der Waals surface area contributed by atoms with Crippen LogP contribution in [0.25, 0.3) is 0 Å². The standard InChI is InChI=1S/2C4H11N.2ClH.Pt/c2*1-4(2,3)5;;;/h2*5H2,1-3H3;2*1H;/q;;;;+2/p-2. The molecule has 0 aliphatic heterocycles. The van der Waals surface area contributed by atoms with Crippen LogP contribution in [0.5, 0.6) is 0 Å². The number of halogens is 2. The fourth-order valence-corrected chi connectivity index (χ4v) is 0. The van der Waals surface area contributed by atoms with E-state index in [1.54, 1.807) is 0 Å². The SMILES string of the molecule is CC(C)(C)N.CC(C)(C)N.[Cl-].[Cl-].[Pt+2]. The van der Waals surface area contributed by atoms with Gasteiger partial charge in [-0.1, -0.05) is 0 Å². The molecule has 0 unspecified atom stereocenters. The van der Waals surface area contributed by atoms with E-state index in [4.69, 9.17) is 11.5 Å². The molecule has 0 rings (SSSR count). The van der Waals surface area contributed by atoms with E-state index < -0.39 is 0 Å². The molecule has 0 aliphatic carbocycles. The van der Waals surface area contributed by atoms with Crippen molar-refractivity contribution in [1.29, 1.82) is 0 Å². The quantitative estimate of drug-likeness (QED) is 0.422. The van der Waals surface area contributed by atoms with Crippen LogP contribution in [0.1, 0.15) is 41.5 Å². The first kappa shape index (κ1) is 29.2. The van der Waals surface area contributed by atoms with Crippen molar-refractivity contribution in [2.45, 2.75) is 52.6 Å². The molecule has 88 valence electrons. The molecule has 0 fully saturated rings. The molecule has 2 nitrogen and oxygen atoms in total. The van der Waals surface area contributed by atoms with Gasteiger partial charge in [0.25, 0.3) is 0 Å². The van der Waals surface area contributed by atoms with Crippen LogP contribution in [-0.4, -0.2) is 11.1 Å². The molecule has 0 atom stereocenters. The van der Waals surface area contributed by atoms with E-state index >= 15 is 0 Å². The molecule has 5 heteroatoms. The summed E-state index contributed by atoms with van der Waals surface area (Å²) in [5, 5.41) is 0. The minimum absolute atomic E-state index is 0. The van der Waals surface area contributed by atoms with Gasteiger partial charge in [0, 0.05) is 11.1 Å². The van der Waals surface area contributed by atoms with Gasteiger partial charge in [-0.3, -0.25) is 0 Å². The summed E-state index contributed by atoms with van der Waals surface area (Å²) < 4.78 is 0. The second kappa shape index (κ2) is 11.3. The van der Waals surface area contributed by atoms with Crippen LogP contribution in [0, 0.1) is 0 Å². The minimum atomic E-state index is 0. The molecular weight excluding hydrogens is 390 g/mol. The van der Waals surface area contributed by atoms with E-state index in [1.807, 2.05) is 41.5 Å². The first-order chi connectivity index (χ1) is 4.00. The van der Waals surface area contributed by atoms with Crippen LogP contribution >= 0.6 is 0 Å². The Hall–Kier alpha value is 1.19. The van der Waals surface area contributed by atoms with Crippen LogP contribution in [0.3, 0.4) is 0 Å². The van der Waals surface area contributed by atoms with Crippen LogP contribution in [-0.2, 0) is 21.1 Å². The van der Waals surface area contributed by atoms with E-state index in [9.17, 15) is 0 Å². The molecule has 4 N–H and O–H groups in total. The summed E-state index contributed by atoms with van der Waals surface area (Å²) in [5.74, 6) is 0. The summed E-state index contributed by atoms with van der Waals surface area (Å²) in [6.45, 7) is 11.8. The van der Waals surface area contributed by atoms with Crippen LogP contribution in [0.4, 0.5) is 0 Å². The van der Waals surface area contributed by atoms with Gasteiger partial charge in [-0.15, -0.1) is 0 Å². The summed E-state index contributed by atoms with van der Waals surface area (Å²) in [6.07, 6.45) is 0. The van der Waals surface area contributed by atoms with Crippen molar-refractivity contribution < 1.29 is 45.9 Å². The molecule has 0 saturated carbocycles. The Morgan fingerprint density at radius 1 is 0.615 bits per heavy atom. The molecule has 0 aromatic rings. The fourth-order valence-electron chi connectivity index (χ4n) is 0. The van der Waals surface area contributed by atoms with Crippen molar-refractivity contribution in [3.05, 3.63) is 0 Å². The van der Waals surface area contributed by atoms with Crippen molar-refractivity contribution in [3.8, 4) is 0 Å². The molecular formula is C8H22Cl2N2Pt. The molecule has 0 aliphatic rings. The fraction of sp³-hybridized carbons (Fsp3) is 1.00. The third-order valence-corrected chi connectivity index (χ3v) is 0. The molecule has 0 aromatic carbocycles. The predicted octanol–water partition coefficient (Wildman–Crippen LogP) is -4.51. The van der Waals surface area contributed by atoms with E-state index in [2.05, 4.69) is 0 Å². The molecule has 0 amide bonds.